The van der Waals surface area contributed by atoms with Crippen LogP contribution in [0.25, 0.3) is 0 Å². The van der Waals surface area contributed by atoms with Crippen LogP contribution in [0.2, 0.25) is 0 Å². The number of ether oxygens (including phenoxy) is 1. The number of nitrogens with zero attached hydrogens (tertiary/aromatic N) is 2. The van der Waals surface area contributed by atoms with Crippen molar-refractivity contribution in [1.29, 1.82) is 0 Å². The van der Waals surface area contributed by atoms with Gasteiger partial charge in [0.2, 0.25) is 0 Å². The lowest BCUT2D eigenvalue weighted by atomic mass is 10.0. The molecule has 0 unspecified atom stereocenters. The maximum absolute atomic E-state index is 12.1. The summed E-state index contributed by atoms with van der Waals surface area (Å²) in [5, 5.41) is 13.6. The van der Waals surface area contributed by atoms with Crippen LogP contribution < -0.4 is 5.32 Å². The van der Waals surface area contributed by atoms with E-state index in [0.717, 1.165) is 0 Å². The highest BCUT2D eigenvalue weighted by molar-refractivity contribution is 5.96. The first-order valence-electron chi connectivity index (χ1n) is 6.31. The van der Waals surface area contributed by atoms with Crippen LogP contribution in [0.3, 0.4) is 0 Å². The predicted molar refractivity (Wildman–Crippen MR) is 73.1 cm³/mol. The molecular formula is C13H15N3O5. The summed E-state index contributed by atoms with van der Waals surface area (Å²) in [6.07, 6.45) is -0.438. The molecule has 1 heterocycles. The molecule has 2 amide bonds. The van der Waals surface area contributed by atoms with Crippen molar-refractivity contribution in [3.05, 3.63) is 39.4 Å². The minimum absolute atomic E-state index is 0.0903. The van der Waals surface area contributed by atoms with Gasteiger partial charge in [-0.15, -0.1) is 0 Å². The number of hydrogen-bond donors (Lipinski definition) is 1. The number of carbonyl (C=O) groups is 2. The summed E-state index contributed by atoms with van der Waals surface area (Å²) in [7, 11) is 1.29. The summed E-state index contributed by atoms with van der Waals surface area (Å²) in [5.41, 5.74) is 0.498. The predicted octanol–water partition coefficient (Wildman–Crippen LogP) is 1.08. The van der Waals surface area contributed by atoms with Crippen LogP contribution in [0.4, 0.5) is 10.5 Å². The van der Waals surface area contributed by atoms with Crippen LogP contribution in [0.5, 0.6) is 0 Å². The first-order chi connectivity index (χ1) is 9.93. The lowest BCUT2D eigenvalue weighted by molar-refractivity contribution is -0.385. The van der Waals surface area contributed by atoms with Gasteiger partial charge in [-0.2, -0.15) is 0 Å². The SMILES string of the molecule is COC(=O)N1CC(NC(=O)c2cccc([N+](=O)[O-])c2C)C1. The van der Waals surface area contributed by atoms with Crippen molar-refractivity contribution in [1.82, 2.24) is 10.2 Å². The smallest absolute Gasteiger partial charge is 0.409 e. The van der Waals surface area contributed by atoms with E-state index in [1.54, 1.807) is 0 Å². The normalized spacial score (nSPS) is 14.3. The van der Waals surface area contributed by atoms with Crippen molar-refractivity contribution in [2.45, 2.75) is 13.0 Å². The number of nitro benzene ring substituents is 1. The van der Waals surface area contributed by atoms with E-state index in [2.05, 4.69) is 10.1 Å². The average molecular weight is 293 g/mol. The van der Waals surface area contributed by atoms with E-state index in [-0.39, 0.29) is 23.2 Å². The lowest BCUT2D eigenvalue weighted by Gasteiger charge is -2.38. The third-order valence-corrected chi connectivity index (χ3v) is 3.40. The monoisotopic (exact) mass is 293 g/mol. The van der Waals surface area contributed by atoms with Crippen molar-refractivity contribution in [3.8, 4) is 0 Å². The molecule has 8 heteroatoms. The third kappa shape index (κ3) is 2.93. The maximum Gasteiger partial charge on any atom is 0.409 e. The highest BCUT2D eigenvalue weighted by Gasteiger charge is 2.33. The molecule has 1 N–H and O–H groups in total. The summed E-state index contributed by atoms with van der Waals surface area (Å²) in [6.45, 7) is 2.27. The van der Waals surface area contributed by atoms with E-state index in [4.69, 9.17) is 0 Å². The van der Waals surface area contributed by atoms with Gasteiger partial charge in [0.1, 0.15) is 0 Å². The van der Waals surface area contributed by atoms with Gasteiger partial charge in [0.05, 0.1) is 18.1 Å². The van der Waals surface area contributed by atoms with Crippen LogP contribution >= 0.6 is 0 Å². The Bertz CT molecular complexity index is 595. The van der Waals surface area contributed by atoms with Gasteiger partial charge < -0.3 is 15.0 Å². The van der Waals surface area contributed by atoms with E-state index in [1.807, 2.05) is 0 Å². The topological polar surface area (TPSA) is 102 Å². The second kappa shape index (κ2) is 5.78. The van der Waals surface area contributed by atoms with Gasteiger partial charge in [-0.25, -0.2) is 4.79 Å². The molecule has 0 atom stereocenters. The molecule has 112 valence electrons. The molecule has 1 aromatic rings. The molecule has 0 bridgehead atoms. The molecule has 1 aliphatic heterocycles. The molecule has 0 aromatic heterocycles. The largest absolute Gasteiger partial charge is 0.453 e. The summed E-state index contributed by atoms with van der Waals surface area (Å²) >= 11 is 0. The molecule has 0 aliphatic carbocycles. The molecule has 21 heavy (non-hydrogen) atoms. The van der Waals surface area contributed by atoms with Crippen LogP contribution in [0, 0.1) is 17.0 Å². The molecule has 1 aromatic carbocycles. The Morgan fingerprint density at radius 1 is 1.43 bits per heavy atom. The highest BCUT2D eigenvalue weighted by Crippen LogP contribution is 2.21. The van der Waals surface area contributed by atoms with Crippen LogP contribution in [-0.4, -0.2) is 48.1 Å². The molecule has 1 aliphatic rings. The molecule has 1 fully saturated rings. The van der Waals surface area contributed by atoms with Gasteiger partial charge >= 0.3 is 6.09 Å². The molecule has 0 saturated carbocycles. The van der Waals surface area contributed by atoms with Crippen molar-refractivity contribution in [2.75, 3.05) is 20.2 Å². The summed E-state index contributed by atoms with van der Waals surface area (Å²) in [4.78, 5) is 35.1. The minimum atomic E-state index is -0.519. The lowest BCUT2D eigenvalue weighted by Crippen LogP contribution is -2.61. The number of carbonyl (C=O) groups excluding carboxylic acids is 2. The van der Waals surface area contributed by atoms with Gasteiger partial charge in [-0.3, -0.25) is 14.9 Å². The standard InChI is InChI=1S/C13H15N3O5/c1-8-10(4-3-5-11(8)16(19)20)12(17)14-9-6-15(7-9)13(18)21-2/h3-5,9H,6-7H2,1-2H3,(H,14,17). The van der Waals surface area contributed by atoms with E-state index in [9.17, 15) is 19.7 Å². The van der Waals surface area contributed by atoms with Crippen molar-refractivity contribution >= 4 is 17.7 Å². The summed E-state index contributed by atoms with van der Waals surface area (Å²) < 4.78 is 4.55. The Morgan fingerprint density at radius 2 is 2.10 bits per heavy atom. The highest BCUT2D eigenvalue weighted by atomic mass is 16.6. The number of rotatable bonds is 3. The zero-order chi connectivity index (χ0) is 15.6. The van der Waals surface area contributed by atoms with Crippen LogP contribution in [-0.2, 0) is 4.74 Å². The number of hydrogen-bond acceptors (Lipinski definition) is 5. The van der Waals surface area contributed by atoms with Crippen molar-refractivity contribution in [3.63, 3.8) is 0 Å². The van der Waals surface area contributed by atoms with Crippen LogP contribution in [0.15, 0.2) is 18.2 Å². The molecule has 0 spiro atoms. The van der Waals surface area contributed by atoms with E-state index < -0.39 is 11.0 Å². The quantitative estimate of drug-likeness (QED) is 0.663. The second-order valence-electron chi connectivity index (χ2n) is 4.75. The summed E-state index contributed by atoms with van der Waals surface area (Å²) in [6, 6.07) is 4.19. The Balaban J connectivity index is 2.01. The Morgan fingerprint density at radius 3 is 2.67 bits per heavy atom. The molecule has 0 radical (unpaired) electrons. The van der Waals surface area contributed by atoms with Gasteiger partial charge in [0.25, 0.3) is 11.6 Å². The first-order valence-corrected chi connectivity index (χ1v) is 6.31. The zero-order valence-corrected chi connectivity index (χ0v) is 11.7. The van der Waals surface area contributed by atoms with E-state index in [0.29, 0.717) is 18.7 Å². The maximum atomic E-state index is 12.1. The van der Waals surface area contributed by atoms with Crippen LogP contribution in [0.1, 0.15) is 15.9 Å². The number of likely N-dealkylation sites (tertiary alicyclic amines) is 1. The first kappa shape index (κ1) is 14.8. The van der Waals surface area contributed by atoms with Gasteiger partial charge in [-0.05, 0) is 13.0 Å². The van der Waals surface area contributed by atoms with Gasteiger partial charge in [-0.1, -0.05) is 6.07 Å². The zero-order valence-electron chi connectivity index (χ0n) is 11.7. The average Bonchev–Trinajstić information content (AvgIpc) is 2.41. The fourth-order valence-corrected chi connectivity index (χ4v) is 2.18. The Hall–Kier alpha value is -2.64. The number of amides is 2. The van der Waals surface area contributed by atoms with Crippen molar-refractivity contribution in [2.24, 2.45) is 0 Å². The van der Waals surface area contributed by atoms with E-state index in [1.165, 1.54) is 37.1 Å². The fourth-order valence-electron chi connectivity index (χ4n) is 2.18. The molecular weight excluding hydrogens is 278 g/mol. The number of nitrogens with one attached hydrogen (secondary N) is 1. The number of benzene rings is 1. The van der Waals surface area contributed by atoms with Gasteiger partial charge in [0, 0.05) is 30.3 Å². The Labute approximate surface area is 120 Å². The number of nitro groups is 1. The minimum Gasteiger partial charge on any atom is -0.453 e. The number of methoxy groups -OCH3 is 1. The molecule has 8 nitrogen and oxygen atoms in total. The fraction of sp³-hybridized carbons (Fsp3) is 0.385. The molecule has 2 rings (SSSR count). The Kier molecular flexibility index (Phi) is 4.06. The summed E-state index contributed by atoms with van der Waals surface area (Å²) in [5.74, 6) is -0.384. The second-order valence-corrected chi connectivity index (χ2v) is 4.75. The van der Waals surface area contributed by atoms with Crippen molar-refractivity contribution < 1.29 is 19.2 Å². The third-order valence-electron chi connectivity index (χ3n) is 3.40. The van der Waals surface area contributed by atoms with Gasteiger partial charge in [0.15, 0.2) is 0 Å². The van der Waals surface area contributed by atoms with E-state index >= 15 is 0 Å². The molecule has 1 saturated heterocycles.